The molecule has 0 saturated heterocycles. The number of pyridine rings is 1. The number of thioether (sulfide) groups is 1. The maximum Gasteiger partial charge on any atom is 0.119 e. The Kier molecular flexibility index (Phi) is 5.63. The molecule has 0 aliphatic heterocycles. The highest BCUT2D eigenvalue weighted by Crippen LogP contribution is 2.24. The van der Waals surface area contributed by atoms with E-state index in [0.29, 0.717) is 0 Å². The summed E-state index contributed by atoms with van der Waals surface area (Å²) in [6, 6.07) is 1.95. The summed E-state index contributed by atoms with van der Waals surface area (Å²) in [4.78, 5) is 6.71. The lowest BCUT2D eigenvalue weighted by molar-refractivity contribution is 0.324. The summed E-state index contributed by atoms with van der Waals surface area (Å²) < 4.78 is 0. The maximum atomic E-state index is 5.97. The molecule has 4 heteroatoms. The van der Waals surface area contributed by atoms with Gasteiger partial charge in [-0.1, -0.05) is 13.8 Å². The Morgan fingerprint density at radius 1 is 1.38 bits per heavy atom. The topological polar surface area (TPSA) is 42.2 Å². The lowest BCUT2D eigenvalue weighted by Gasteiger charge is -2.17. The first kappa shape index (κ1) is 13.3. The highest BCUT2D eigenvalue weighted by Gasteiger charge is 2.05. The van der Waals surface area contributed by atoms with Gasteiger partial charge in [-0.05, 0) is 31.6 Å². The van der Waals surface area contributed by atoms with Crippen LogP contribution in [0.5, 0.6) is 0 Å². The molecule has 0 atom stereocenters. The zero-order valence-corrected chi connectivity index (χ0v) is 11.2. The number of nitrogens with zero attached hydrogens (tertiary/aromatic N) is 2. The molecule has 0 aliphatic carbocycles. The van der Waals surface area contributed by atoms with Crippen LogP contribution >= 0.6 is 11.8 Å². The molecule has 0 unspecified atom stereocenters. The molecule has 90 valence electrons. The molecule has 1 rings (SSSR count). The van der Waals surface area contributed by atoms with Gasteiger partial charge in [-0.3, -0.25) is 0 Å². The Labute approximate surface area is 102 Å². The predicted octanol–water partition coefficient (Wildman–Crippen LogP) is 2.41. The van der Waals surface area contributed by atoms with E-state index in [1.54, 1.807) is 11.8 Å². The second-order valence-corrected chi connectivity index (χ2v) is 4.81. The largest absolute Gasteiger partial charge is 0.396 e. The highest BCUT2D eigenvalue weighted by atomic mass is 32.2. The first-order chi connectivity index (χ1) is 7.69. The number of aryl methyl sites for hydroxylation is 1. The van der Waals surface area contributed by atoms with Crippen LogP contribution in [0.3, 0.4) is 0 Å². The van der Waals surface area contributed by atoms with E-state index in [4.69, 9.17) is 5.73 Å². The maximum absolute atomic E-state index is 5.97. The van der Waals surface area contributed by atoms with E-state index in [0.717, 1.165) is 41.7 Å². The number of nitrogen functional groups attached to an aromatic ring is 1. The van der Waals surface area contributed by atoms with Crippen LogP contribution in [-0.2, 0) is 0 Å². The van der Waals surface area contributed by atoms with Crippen molar-refractivity contribution in [3.05, 3.63) is 17.8 Å². The van der Waals surface area contributed by atoms with Gasteiger partial charge in [0.2, 0.25) is 0 Å². The van der Waals surface area contributed by atoms with Crippen molar-refractivity contribution in [1.82, 2.24) is 9.88 Å². The van der Waals surface area contributed by atoms with Crippen molar-refractivity contribution in [2.45, 2.75) is 25.8 Å². The van der Waals surface area contributed by atoms with Gasteiger partial charge in [0.25, 0.3) is 0 Å². The van der Waals surface area contributed by atoms with Crippen molar-refractivity contribution >= 4 is 17.4 Å². The molecule has 1 aromatic rings. The van der Waals surface area contributed by atoms with E-state index in [9.17, 15) is 0 Å². The molecule has 0 amide bonds. The minimum absolute atomic E-state index is 0.826. The second kappa shape index (κ2) is 6.76. The quantitative estimate of drug-likeness (QED) is 0.774. The van der Waals surface area contributed by atoms with Crippen LogP contribution in [0.1, 0.15) is 19.4 Å². The van der Waals surface area contributed by atoms with Crippen molar-refractivity contribution in [1.29, 1.82) is 0 Å². The molecule has 0 radical (unpaired) electrons. The summed E-state index contributed by atoms with van der Waals surface area (Å²) in [6.07, 6.45) is 1.82. The van der Waals surface area contributed by atoms with Gasteiger partial charge in [-0.2, -0.15) is 0 Å². The first-order valence-corrected chi connectivity index (χ1v) is 6.73. The predicted molar refractivity (Wildman–Crippen MR) is 71.9 cm³/mol. The monoisotopic (exact) mass is 239 g/mol. The number of rotatable bonds is 6. The Bertz CT molecular complexity index is 324. The van der Waals surface area contributed by atoms with E-state index < -0.39 is 0 Å². The lowest BCUT2D eigenvalue weighted by atomic mass is 10.3. The summed E-state index contributed by atoms with van der Waals surface area (Å²) in [5.41, 5.74) is 7.90. The molecule has 16 heavy (non-hydrogen) atoms. The van der Waals surface area contributed by atoms with Gasteiger partial charge in [-0.15, -0.1) is 11.8 Å². The average molecular weight is 239 g/mol. The highest BCUT2D eigenvalue weighted by molar-refractivity contribution is 7.99. The molecule has 0 fully saturated rings. The first-order valence-electron chi connectivity index (χ1n) is 5.75. The van der Waals surface area contributed by atoms with Crippen molar-refractivity contribution in [3.63, 3.8) is 0 Å². The lowest BCUT2D eigenvalue weighted by Crippen LogP contribution is -2.25. The zero-order valence-electron chi connectivity index (χ0n) is 10.4. The third-order valence-electron chi connectivity index (χ3n) is 2.71. The molecule has 0 saturated carbocycles. The second-order valence-electron chi connectivity index (χ2n) is 3.72. The van der Waals surface area contributed by atoms with Gasteiger partial charge in [0.15, 0.2) is 0 Å². The van der Waals surface area contributed by atoms with E-state index in [1.165, 1.54) is 0 Å². The van der Waals surface area contributed by atoms with Gasteiger partial charge in [0.1, 0.15) is 5.03 Å². The molecule has 0 spiro atoms. The fraction of sp³-hybridized carbons (Fsp3) is 0.583. The summed E-state index contributed by atoms with van der Waals surface area (Å²) in [5.74, 6) is 1.04. The fourth-order valence-corrected chi connectivity index (χ4v) is 2.47. The van der Waals surface area contributed by atoms with Gasteiger partial charge < -0.3 is 10.6 Å². The fourth-order valence-electron chi connectivity index (χ4n) is 1.47. The Balaban J connectivity index is 2.46. The normalized spacial score (nSPS) is 11.0. The Morgan fingerprint density at radius 2 is 2.06 bits per heavy atom. The average Bonchev–Trinajstić information content (AvgIpc) is 2.30. The minimum atomic E-state index is 0.826. The molecular formula is C12H21N3S. The number of anilines is 1. The Morgan fingerprint density at radius 3 is 2.69 bits per heavy atom. The van der Waals surface area contributed by atoms with Crippen LogP contribution in [0.4, 0.5) is 5.69 Å². The van der Waals surface area contributed by atoms with Crippen molar-refractivity contribution in [3.8, 4) is 0 Å². The number of hydrogen-bond acceptors (Lipinski definition) is 4. The summed E-state index contributed by atoms with van der Waals surface area (Å²) in [7, 11) is 0. The molecular weight excluding hydrogens is 218 g/mol. The molecule has 0 bridgehead atoms. The molecule has 0 aliphatic rings. The van der Waals surface area contributed by atoms with Crippen molar-refractivity contribution < 1.29 is 0 Å². The van der Waals surface area contributed by atoms with Crippen LogP contribution in [0, 0.1) is 6.92 Å². The van der Waals surface area contributed by atoms with Crippen LogP contribution in [0.25, 0.3) is 0 Å². The van der Waals surface area contributed by atoms with E-state index >= 15 is 0 Å². The minimum Gasteiger partial charge on any atom is -0.396 e. The van der Waals surface area contributed by atoms with Crippen molar-refractivity contribution in [2.24, 2.45) is 0 Å². The van der Waals surface area contributed by atoms with Crippen LogP contribution in [-0.4, -0.2) is 35.3 Å². The number of aromatic nitrogens is 1. The third-order valence-corrected chi connectivity index (χ3v) is 3.70. The summed E-state index contributed by atoms with van der Waals surface area (Å²) in [5, 5.41) is 0.965. The Hall–Kier alpha value is -0.740. The number of nitrogens with two attached hydrogens (primary N) is 1. The SMILES string of the molecule is CCN(CC)CCSc1nccc(C)c1N. The zero-order chi connectivity index (χ0) is 12.0. The van der Waals surface area contributed by atoms with Gasteiger partial charge in [0, 0.05) is 18.5 Å². The molecule has 3 nitrogen and oxygen atoms in total. The van der Waals surface area contributed by atoms with Gasteiger partial charge in [0.05, 0.1) is 5.69 Å². The van der Waals surface area contributed by atoms with Crippen LogP contribution in [0.15, 0.2) is 17.3 Å². The van der Waals surface area contributed by atoms with Crippen LogP contribution < -0.4 is 5.73 Å². The van der Waals surface area contributed by atoms with E-state index in [-0.39, 0.29) is 0 Å². The number of hydrogen-bond donors (Lipinski definition) is 1. The van der Waals surface area contributed by atoms with Gasteiger partial charge in [-0.25, -0.2) is 4.98 Å². The van der Waals surface area contributed by atoms with Crippen molar-refractivity contribution in [2.75, 3.05) is 31.1 Å². The van der Waals surface area contributed by atoms with Gasteiger partial charge >= 0.3 is 0 Å². The summed E-state index contributed by atoms with van der Waals surface area (Å²) >= 11 is 1.74. The molecule has 0 aromatic carbocycles. The standard InChI is InChI=1S/C12H21N3S/c1-4-15(5-2)8-9-16-12-11(13)10(3)6-7-14-12/h6-7H,4-5,8-9,13H2,1-3H3. The molecule has 2 N–H and O–H groups in total. The van der Waals surface area contributed by atoms with E-state index in [2.05, 4.69) is 23.7 Å². The molecule has 1 heterocycles. The van der Waals surface area contributed by atoms with Crippen LogP contribution in [0.2, 0.25) is 0 Å². The smallest absolute Gasteiger partial charge is 0.119 e. The molecule has 1 aromatic heterocycles. The summed E-state index contributed by atoms with van der Waals surface area (Å²) in [6.45, 7) is 9.70. The third kappa shape index (κ3) is 3.68. The van der Waals surface area contributed by atoms with E-state index in [1.807, 2.05) is 19.2 Å².